The summed E-state index contributed by atoms with van der Waals surface area (Å²) in [6.45, 7) is 2.05. The molecule has 8 heteroatoms. The van der Waals surface area contributed by atoms with Gasteiger partial charge in [0.05, 0.1) is 28.7 Å². The maximum atomic E-state index is 12.9. The number of benzene rings is 3. The van der Waals surface area contributed by atoms with Gasteiger partial charge < -0.3 is 10.2 Å². The van der Waals surface area contributed by atoms with Crippen molar-refractivity contribution in [1.82, 2.24) is 14.8 Å². The molecule has 1 unspecified atom stereocenters. The molecule has 0 fully saturated rings. The van der Waals surface area contributed by atoms with Crippen LogP contribution in [0.2, 0.25) is 0 Å². The molecule has 5 aromatic rings. The second-order valence-electron chi connectivity index (χ2n) is 9.01. The highest BCUT2D eigenvalue weighted by molar-refractivity contribution is 7.80. The number of rotatable bonds is 4. The minimum Gasteiger partial charge on any atom is -0.422 e. The molecule has 1 aliphatic rings. The first kappa shape index (κ1) is 22.9. The van der Waals surface area contributed by atoms with Crippen LogP contribution in [0.5, 0.6) is 0 Å². The lowest BCUT2D eigenvalue weighted by Gasteiger charge is -2.21. The van der Waals surface area contributed by atoms with Gasteiger partial charge >= 0.3 is 5.63 Å². The van der Waals surface area contributed by atoms with Crippen LogP contribution in [0.15, 0.2) is 105 Å². The fourth-order valence-corrected chi connectivity index (χ4v) is 4.83. The van der Waals surface area contributed by atoms with Crippen molar-refractivity contribution in [1.29, 1.82) is 0 Å². The van der Waals surface area contributed by atoms with Crippen molar-refractivity contribution >= 4 is 34.0 Å². The van der Waals surface area contributed by atoms with Gasteiger partial charge in [-0.3, -0.25) is 0 Å². The Kier molecular flexibility index (Phi) is 5.65. The van der Waals surface area contributed by atoms with Crippen molar-refractivity contribution < 1.29 is 4.42 Å². The Labute approximate surface area is 218 Å². The molecule has 0 saturated heterocycles. The Bertz CT molecular complexity index is 1720. The minimum absolute atomic E-state index is 0.118. The molecule has 7 nitrogen and oxygen atoms in total. The Hall–Kier alpha value is -4.56. The van der Waals surface area contributed by atoms with Crippen molar-refractivity contribution in [3.05, 3.63) is 118 Å². The lowest BCUT2D eigenvalue weighted by molar-refractivity contribution is 0.373. The summed E-state index contributed by atoms with van der Waals surface area (Å²) in [6, 6.07) is 27.0. The molecule has 0 spiro atoms. The van der Waals surface area contributed by atoms with E-state index in [1.807, 2.05) is 72.4 Å². The number of aromatic nitrogens is 2. The van der Waals surface area contributed by atoms with Gasteiger partial charge in [0.25, 0.3) is 0 Å². The molecule has 3 aromatic carbocycles. The van der Waals surface area contributed by atoms with Crippen LogP contribution >= 0.6 is 12.2 Å². The molecular formula is C29H23N5O2S. The first-order chi connectivity index (χ1) is 18.0. The monoisotopic (exact) mass is 505 g/mol. The molecule has 2 N–H and O–H groups in total. The van der Waals surface area contributed by atoms with Crippen molar-refractivity contribution in [2.24, 2.45) is 10.8 Å². The molecule has 0 radical (unpaired) electrons. The zero-order valence-corrected chi connectivity index (χ0v) is 20.9. The predicted molar refractivity (Wildman–Crippen MR) is 149 cm³/mol. The molecule has 0 saturated carbocycles. The largest absolute Gasteiger partial charge is 0.422 e. The van der Waals surface area contributed by atoms with Crippen LogP contribution in [0, 0.1) is 6.92 Å². The summed E-state index contributed by atoms with van der Waals surface area (Å²) in [5, 5.41) is 12.2. The molecular weight excluding hydrogens is 482 g/mol. The SMILES string of the molecule is Cc1ccc(-c2nn(-c3ccccc3)cc2C2CC(c3cc4ccccc4oc3=O)=NN2C(N)=S)cc1. The number of nitrogens with zero attached hydrogens (tertiary/aromatic N) is 4. The van der Waals surface area contributed by atoms with E-state index in [4.69, 9.17) is 32.6 Å². The summed E-state index contributed by atoms with van der Waals surface area (Å²) >= 11 is 5.39. The summed E-state index contributed by atoms with van der Waals surface area (Å²) < 4.78 is 7.42. The first-order valence-corrected chi connectivity index (χ1v) is 12.3. The van der Waals surface area contributed by atoms with Gasteiger partial charge in [0.1, 0.15) is 5.58 Å². The van der Waals surface area contributed by atoms with Crippen LogP contribution < -0.4 is 11.4 Å². The van der Waals surface area contributed by atoms with E-state index in [2.05, 4.69) is 24.3 Å². The standard InChI is InChI=1S/C29H23N5O2S/c1-18-11-13-19(14-12-18)27-23(17-33(32-27)21-8-3-2-4-9-21)25-16-24(31-34(25)29(30)37)22-15-20-7-5-6-10-26(20)36-28(22)35/h2-15,17,25H,16H2,1H3,(H2,30,37). The lowest BCUT2D eigenvalue weighted by atomic mass is 9.96. The highest BCUT2D eigenvalue weighted by Gasteiger charge is 2.35. The molecule has 37 heavy (non-hydrogen) atoms. The summed E-state index contributed by atoms with van der Waals surface area (Å²) in [5.74, 6) is 0. The average Bonchev–Trinajstić information content (AvgIpc) is 3.54. The minimum atomic E-state index is -0.445. The van der Waals surface area contributed by atoms with Crippen LogP contribution in [0.3, 0.4) is 0 Å². The second-order valence-corrected chi connectivity index (χ2v) is 9.43. The van der Waals surface area contributed by atoms with E-state index in [1.165, 1.54) is 0 Å². The lowest BCUT2D eigenvalue weighted by Crippen LogP contribution is -2.31. The number of hydrogen-bond acceptors (Lipinski definition) is 5. The normalized spacial score (nSPS) is 15.2. The summed E-state index contributed by atoms with van der Waals surface area (Å²) in [6.07, 6.45) is 2.40. The Morgan fingerprint density at radius 3 is 2.51 bits per heavy atom. The molecule has 1 atom stereocenters. The molecule has 0 aliphatic carbocycles. The maximum absolute atomic E-state index is 12.9. The molecule has 6 rings (SSSR count). The first-order valence-electron chi connectivity index (χ1n) is 11.9. The van der Waals surface area contributed by atoms with Crippen LogP contribution in [-0.4, -0.2) is 25.6 Å². The number of thiocarbonyl (C=S) groups is 1. The van der Waals surface area contributed by atoms with Crippen LogP contribution in [0.4, 0.5) is 0 Å². The van der Waals surface area contributed by atoms with Gasteiger partial charge in [-0.25, -0.2) is 14.5 Å². The third-order valence-corrected chi connectivity index (χ3v) is 6.72. The quantitative estimate of drug-likeness (QED) is 0.262. The van der Waals surface area contributed by atoms with Crippen molar-refractivity contribution in [3.8, 4) is 16.9 Å². The summed E-state index contributed by atoms with van der Waals surface area (Å²) in [5.41, 5.74) is 12.0. The summed E-state index contributed by atoms with van der Waals surface area (Å²) in [7, 11) is 0. The topological polar surface area (TPSA) is 89.7 Å². The fraction of sp³-hybridized carbons (Fsp3) is 0.103. The van der Waals surface area contributed by atoms with Gasteiger partial charge in [0, 0.05) is 29.1 Å². The van der Waals surface area contributed by atoms with E-state index in [0.717, 1.165) is 33.5 Å². The van der Waals surface area contributed by atoms with E-state index < -0.39 is 5.63 Å². The molecule has 182 valence electrons. The predicted octanol–water partition coefficient (Wildman–Crippen LogP) is 5.35. The average molecular weight is 506 g/mol. The molecule has 1 aliphatic heterocycles. The number of fused-ring (bicyclic) bond motifs is 1. The maximum Gasteiger partial charge on any atom is 0.345 e. The van der Waals surface area contributed by atoms with Gasteiger partial charge in [0.2, 0.25) is 0 Å². The zero-order valence-electron chi connectivity index (χ0n) is 20.0. The zero-order chi connectivity index (χ0) is 25.5. The van der Waals surface area contributed by atoms with Gasteiger partial charge in [-0.15, -0.1) is 0 Å². The van der Waals surface area contributed by atoms with Crippen LogP contribution in [-0.2, 0) is 0 Å². The van der Waals surface area contributed by atoms with Gasteiger partial charge in [0.15, 0.2) is 5.11 Å². The van der Waals surface area contributed by atoms with E-state index in [1.54, 1.807) is 11.1 Å². The Morgan fingerprint density at radius 2 is 1.76 bits per heavy atom. The fourth-order valence-electron chi connectivity index (χ4n) is 4.66. The smallest absolute Gasteiger partial charge is 0.345 e. The van der Waals surface area contributed by atoms with Crippen LogP contribution in [0.25, 0.3) is 27.9 Å². The van der Waals surface area contributed by atoms with Crippen molar-refractivity contribution in [3.63, 3.8) is 0 Å². The number of hydrogen-bond donors (Lipinski definition) is 1. The van der Waals surface area contributed by atoms with Gasteiger partial charge in [-0.05, 0) is 43.4 Å². The number of nitrogens with two attached hydrogens (primary N) is 1. The molecule has 0 amide bonds. The van der Waals surface area contributed by atoms with E-state index in [-0.39, 0.29) is 11.2 Å². The van der Waals surface area contributed by atoms with E-state index in [0.29, 0.717) is 23.3 Å². The highest BCUT2D eigenvalue weighted by atomic mass is 32.1. The van der Waals surface area contributed by atoms with Gasteiger partial charge in [-0.1, -0.05) is 66.2 Å². The summed E-state index contributed by atoms with van der Waals surface area (Å²) in [4.78, 5) is 12.9. The highest BCUT2D eigenvalue weighted by Crippen LogP contribution is 2.38. The molecule has 3 heterocycles. The Morgan fingerprint density at radius 1 is 1.03 bits per heavy atom. The van der Waals surface area contributed by atoms with Crippen molar-refractivity contribution in [2.75, 3.05) is 0 Å². The van der Waals surface area contributed by atoms with E-state index in [9.17, 15) is 4.79 Å². The number of hydrazone groups is 1. The number of para-hydroxylation sites is 2. The van der Waals surface area contributed by atoms with Crippen LogP contribution in [0.1, 0.15) is 29.2 Å². The second kappa shape index (κ2) is 9.15. The molecule has 2 aromatic heterocycles. The molecule has 0 bridgehead atoms. The third kappa shape index (κ3) is 4.21. The number of aryl methyl sites for hydroxylation is 1. The third-order valence-electron chi connectivity index (χ3n) is 6.54. The van der Waals surface area contributed by atoms with E-state index >= 15 is 0 Å². The Balaban J connectivity index is 1.47. The van der Waals surface area contributed by atoms with Crippen molar-refractivity contribution in [2.45, 2.75) is 19.4 Å². The van der Waals surface area contributed by atoms with Gasteiger partial charge in [-0.2, -0.15) is 10.2 Å².